The SMILES string of the molecule is CN(C)c1ccc(N(/C=C2\CCOc3ccccc32)/C=C2\CCOc3ccccc32)cc1. The molecule has 0 amide bonds. The second-order valence-electron chi connectivity index (χ2n) is 8.32. The topological polar surface area (TPSA) is 24.9 Å². The molecule has 4 nitrogen and oxygen atoms in total. The summed E-state index contributed by atoms with van der Waals surface area (Å²) in [4.78, 5) is 4.38. The molecule has 3 aromatic rings. The minimum absolute atomic E-state index is 0.698. The lowest BCUT2D eigenvalue weighted by molar-refractivity contribution is 0.316. The molecule has 32 heavy (non-hydrogen) atoms. The number of fused-ring (bicyclic) bond motifs is 2. The molecule has 2 aliphatic rings. The summed E-state index contributed by atoms with van der Waals surface area (Å²) >= 11 is 0. The van der Waals surface area contributed by atoms with Gasteiger partial charge in [0, 0.05) is 61.8 Å². The molecule has 0 atom stereocenters. The Morgan fingerprint density at radius 1 is 0.625 bits per heavy atom. The van der Waals surface area contributed by atoms with Crippen molar-refractivity contribution in [2.24, 2.45) is 0 Å². The number of anilines is 2. The highest BCUT2D eigenvalue weighted by Crippen LogP contribution is 2.36. The molecule has 0 N–H and O–H groups in total. The van der Waals surface area contributed by atoms with Crippen molar-refractivity contribution in [1.29, 1.82) is 0 Å². The average molecular weight is 425 g/mol. The van der Waals surface area contributed by atoms with E-state index in [9.17, 15) is 0 Å². The zero-order chi connectivity index (χ0) is 21.9. The number of hydrogen-bond donors (Lipinski definition) is 0. The summed E-state index contributed by atoms with van der Waals surface area (Å²) in [5.74, 6) is 1.91. The third kappa shape index (κ3) is 4.09. The highest BCUT2D eigenvalue weighted by molar-refractivity contribution is 5.79. The second kappa shape index (κ2) is 8.83. The summed E-state index contributed by atoms with van der Waals surface area (Å²) < 4.78 is 11.8. The van der Waals surface area contributed by atoms with Crippen molar-refractivity contribution in [3.8, 4) is 11.5 Å². The molecule has 3 aromatic carbocycles. The molecule has 2 aliphatic heterocycles. The lowest BCUT2D eigenvalue weighted by Gasteiger charge is -2.26. The molecule has 0 spiro atoms. The fraction of sp³-hybridized carbons (Fsp3) is 0.214. The Labute approximate surface area is 190 Å². The largest absolute Gasteiger partial charge is 0.493 e. The predicted octanol–water partition coefficient (Wildman–Crippen LogP) is 6.21. The fourth-order valence-electron chi connectivity index (χ4n) is 4.24. The second-order valence-corrected chi connectivity index (χ2v) is 8.32. The number of ether oxygens (including phenoxy) is 2. The zero-order valence-corrected chi connectivity index (χ0v) is 18.6. The van der Waals surface area contributed by atoms with Gasteiger partial charge >= 0.3 is 0 Å². The maximum Gasteiger partial charge on any atom is 0.126 e. The van der Waals surface area contributed by atoms with Crippen LogP contribution >= 0.6 is 0 Å². The molecular formula is C28H28N2O2. The van der Waals surface area contributed by atoms with Gasteiger partial charge in [-0.15, -0.1) is 0 Å². The van der Waals surface area contributed by atoms with Gasteiger partial charge in [-0.05, 0) is 47.5 Å². The Kier molecular flexibility index (Phi) is 5.59. The van der Waals surface area contributed by atoms with E-state index in [2.05, 4.69) is 84.8 Å². The molecule has 0 unspecified atom stereocenters. The van der Waals surface area contributed by atoms with Crippen LogP contribution in [-0.2, 0) is 0 Å². The molecule has 0 bridgehead atoms. The van der Waals surface area contributed by atoms with Crippen LogP contribution in [0, 0.1) is 0 Å². The van der Waals surface area contributed by atoms with Crippen LogP contribution in [0.2, 0.25) is 0 Å². The van der Waals surface area contributed by atoms with Gasteiger partial charge in [-0.2, -0.15) is 0 Å². The Balaban J connectivity index is 1.60. The molecule has 4 heteroatoms. The van der Waals surface area contributed by atoms with E-state index in [1.54, 1.807) is 0 Å². The van der Waals surface area contributed by atoms with Crippen LogP contribution in [0.4, 0.5) is 11.4 Å². The van der Waals surface area contributed by atoms with Crippen LogP contribution in [0.3, 0.4) is 0 Å². The minimum Gasteiger partial charge on any atom is -0.493 e. The van der Waals surface area contributed by atoms with Crippen molar-refractivity contribution in [3.63, 3.8) is 0 Å². The monoisotopic (exact) mass is 424 g/mol. The van der Waals surface area contributed by atoms with Crippen molar-refractivity contribution in [2.75, 3.05) is 37.1 Å². The molecule has 0 aromatic heterocycles. The van der Waals surface area contributed by atoms with Crippen LogP contribution in [0.1, 0.15) is 24.0 Å². The molecule has 0 aliphatic carbocycles. The summed E-state index contributed by atoms with van der Waals surface area (Å²) in [5.41, 5.74) is 7.20. The molecular weight excluding hydrogens is 396 g/mol. The molecule has 2 heterocycles. The van der Waals surface area contributed by atoms with Crippen molar-refractivity contribution in [1.82, 2.24) is 0 Å². The van der Waals surface area contributed by atoms with Crippen molar-refractivity contribution < 1.29 is 9.47 Å². The smallest absolute Gasteiger partial charge is 0.126 e. The normalized spacial score (nSPS) is 17.2. The van der Waals surface area contributed by atoms with Crippen molar-refractivity contribution in [2.45, 2.75) is 12.8 Å². The van der Waals surface area contributed by atoms with E-state index in [0.717, 1.165) is 30.0 Å². The summed E-state index contributed by atoms with van der Waals surface area (Å²) in [6, 6.07) is 25.3. The van der Waals surface area contributed by atoms with Gasteiger partial charge in [-0.1, -0.05) is 36.4 Å². The summed E-state index contributed by atoms with van der Waals surface area (Å²) in [6.07, 6.45) is 6.28. The number of rotatable bonds is 4. The lowest BCUT2D eigenvalue weighted by atomic mass is 9.99. The summed E-state index contributed by atoms with van der Waals surface area (Å²) in [7, 11) is 4.13. The number of para-hydroxylation sites is 2. The van der Waals surface area contributed by atoms with E-state index in [-0.39, 0.29) is 0 Å². The minimum atomic E-state index is 0.698. The highest BCUT2D eigenvalue weighted by atomic mass is 16.5. The molecule has 0 saturated carbocycles. The van der Waals surface area contributed by atoms with Crippen LogP contribution in [0.5, 0.6) is 11.5 Å². The van der Waals surface area contributed by atoms with Crippen molar-refractivity contribution >= 4 is 22.5 Å². The standard InChI is InChI=1S/C28H28N2O2/c1-29(2)23-11-13-24(14-12-23)30(19-21-15-17-31-27-9-5-3-7-25(21)27)20-22-16-18-32-28-10-6-4-8-26(22)28/h3-14,19-20H,15-18H2,1-2H3/b21-19+,22-20+. The zero-order valence-electron chi connectivity index (χ0n) is 18.6. The van der Waals surface area contributed by atoms with Gasteiger partial charge in [0.2, 0.25) is 0 Å². The van der Waals surface area contributed by atoms with Gasteiger partial charge in [0.1, 0.15) is 11.5 Å². The van der Waals surface area contributed by atoms with Crippen LogP contribution in [0.25, 0.3) is 11.1 Å². The number of nitrogens with zero attached hydrogens (tertiary/aromatic N) is 2. The van der Waals surface area contributed by atoms with E-state index < -0.39 is 0 Å². The lowest BCUT2D eigenvalue weighted by Crippen LogP contribution is -2.16. The van der Waals surface area contributed by atoms with E-state index in [1.165, 1.54) is 28.0 Å². The van der Waals surface area contributed by atoms with E-state index in [0.29, 0.717) is 13.2 Å². The summed E-state index contributed by atoms with van der Waals surface area (Å²) in [6.45, 7) is 1.40. The Morgan fingerprint density at radius 3 is 1.59 bits per heavy atom. The average Bonchev–Trinajstić information content (AvgIpc) is 2.84. The van der Waals surface area contributed by atoms with Crippen LogP contribution in [-0.4, -0.2) is 27.3 Å². The van der Waals surface area contributed by atoms with E-state index >= 15 is 0 Å². The molecule has 5 rings (SSSR count). The first-order valence-corrected chi connectivity index (χ1v) is 11.1. The van der Waals surface area contributed by atoms with Gasteiger partial charge in [0.25, 0.3) is 0 Å². The number of hydrogen-bond acceptors (Lipinski definition) is 4. The van der Waals surface area contributed by atoms with E-state index in [1.807, 2.05) is 24.3 Å². The van der Waals surface area contributed by atoms with Gasteiger partial charge < -0.3 is 19.3 Å². The quantitative estimate of drug-likeness (QED) is 0.497. The van der Waals surface area contributed by atoms with E-state index in [4.69, 9.17) is 9.47 Å². The third-order valence-corrected chi connectivity index (χ3v) is 5.98. The Hall–Kier alpha value is -3.66. The highest BCUT2D eigenvalue weighted by Gasteiger charge is 2.18. The summed E-state index contributed by atoms with van der Waals surface area (Å²) in [5, 5.41) is 0. The Morgan fingerprint density at radius 2 is 1.09 bits per heavy atom. The van der Waals surface area contributed by atoms with Gasteiger partial charge in [-0.3, -0.25) is 0 Å². The molecule has 162 valence electrons. The van der Waals surface area contributed by atoms with Gasteiger partial charge in [-0.25, -0.2) is 0 Å². The Bertz CT molecular complexity index is 1090. The first-order chi connectivity index (χ1) is 15.7. The van der Waals surface area contributed by atoms with Crippen molar-refractivity contribution in [3.05, 3.63) is 96.3 Å². The number of benzene rings is 3. The third-order valence-electron chi connectivity index (χ3n) is 5.98. The maximum absolute atomic E-state index is 5.88. The molecule has 0 fully saturated rings. The molecule has 0 saturated heterocycles. The molecule has 0 radical (unpaired) electrons. The van der Waals surface area contributed by atoms with Crippen LogP contribution in [0.15, 0.2) is 85.2 Å². The van der Waals surface area contributed by atoms with Crippen LogP contribution < -0.4 is 19.3 Å². The first kappa shape index (κ1) is 20.3. The first-order valence-electron chi connectivity index (χ1n) is 11.1. The predicted molar refractivity (Wildman–Crippen MR) is 132 cm³/mol. The van der Waals surface area contributed by atoms with Gasteiger partial charge in [0.15, 0.2) is 0 Å². The van der Waals surface area contributed by atoms with Gasteiger partial charge in [0.05, 0.1) is 13.2 Å². The fourth-order valence-corrected chi connectivity index (χ4v) is 4.24. The maximum atomic E-state index is 5.88.